The zero-order valence-electron chi connectivity index (χ0n) is 19.9. The summed E-state index contributed by atoms with van der Waals surface area (Å²) in [6.45, 7) is 2.00. The third kappa shape index (κ3) is 4.16. The van der Waals surface area contributed by atoms with Crippen LogP contribution in [0.15, 0.2) is 48.5 Å². The maximum absolute atomic E-state index is 13.6. The van der Waals surface area contributed by atoms with Gasteiger partial charge in [0.2, 0.25) is 5.91 Å². The van der Waals surface area contributed by atoms with E-state index >= 15 is 0 Å². The highest BCUT2D eigenvalue weighted by molar-refractivity contribution is 5.93. The van der Waals surface area contributed by atoms with Gasteiger partial charge in [0.05, 0.1) is 6.10 Å². The molecule has 8 nitrogen and oxygen atoms in total. The summed E-state index contributed by atoms with van der Waals surface area (Å²) in [4.78, 5) is 39.7. The molecule has 3 atom stereocenters. The molecule has 2 amide bonds. The van der Waals surface area contributed by atoms with Gasteiger partial charge in [-0.05, 0) is 47.9 Å². The molecule has 0 aromatic heterocycles. The van der Waals surface area contributed by atoms with Gasteiger partial charge in [0.15, 0.2) is 0 Å². The van der Waals surface area contributed by atoms with Gasteiger partial charge in [0.25, 0.3) is 0 Å². The van der Waals surface area contributed by atoms with Crippen LogP contribution in [0.4, 0.5) is 4.79 Å². The fraction of sp³-hybridized carbons (Fsp3) is 0.444. The monoisotopic (exact) mass is 478 g/mol. The zero-order chi connectivity index (χ0) is 24.7. The van der Waals surface area contributed by atoms with Crippen molar-refractivity contribution in [1.29, 1.82) is 0 Å². The maximum atomic E-state index is 13.6. The highest BCUT2D eigenvalue weighted by Gasteiger charge is 2.54. The molecule has 3 unspecified atom stereocenters. The number of likely N-dealkylation sites (tertiary alicyclic amines) is 1. The Hall–Kier alpha value is -3.39. The van der Waals surface area contributed by atoms with Crippen molar-refractivity contribution in [3.63, 3.8) is 0 Å². The topological polar surface area (TPSA) is 105 Å². The van der Waals surface area contributed by atoms with Gasteiger partial charge in [0, 0.05) is 26.0 Å². The van der Waals surface area contributed by atoms with Crippen molar-refractivity contribution in [2.75, 3.05) is 20.3 Å². The number of ether oxygens (including phenoxy) is 2. The minimum Gasteiger partial charge on any atom is -0.480 e. The van der Waals surface area contributed by atoms with Crippen LogP contribution in [0.2, 0.25) is 0 Å². The number of carbonyl (C=O) groups is 3. The van der Waals surface area contributed by atoms with Gasteiger partial charge >= 0.3 is 12.1 Å². The van der Waals surface area contributed by atoms with Crippen molar-refractivity contribution < 1.29 is 29.0 Å². The summed E-state index contributed by atoms with van der Waals surface area (Å²) in [6, 6.07) is 15.2. The Balaban J connectivity index is 1.30. The molecule has 3 aliphatic rings. The van der Waals surface area contributed by atoms with Gasteiger partial charge < -0.3 is 24.8 Å². The van der Waals surface area contributed by atoms with E-state index in [1.807, 2.05) is 36.4 Å². The quantitative estimate of drug-likeness (QED) is 0.632. The number of benzene rings is 2. The van der Waals surface area contributed by atoms with Gasteiger partial charge in [-0.3, -0.25) is 4.79 Å². The Bertz CT molecular complexity index is 1120. The van der Waals surface area contributed by atoms with E-state index in [2.05, 4.69) is 17.4 Å². The molecule has 1 heterocycles. The highest BCUT2D eigenvalue weighted by atomic mass is 16.5. The number of amides is 2. The second-order valence-corrected chi connectivity index (χ2v) is 9.83. The van der Waals surface area contributed by atoms with Crippen LogP contribution in [0.3, 0.4) is 0 Å². The molecule has 0 bridgehead atoms. The first-order chi connectivity index (χ1) is 16.8. The first kappa shape index (κ1) is 23.4. The standard InChI is InChI=1S/C27H30N2O6/c1-27(16-11-12-16,25(32)29-14-17(34-2)13-23(29)24(30)31)28-26(33)35-15-22-20-9-5-3-7-18(20)19-8-4-6-10-21(19)22/h3-10,16-17,22-23H,11-15H2,1-2H3,(H,28,33)(H,30,31). The Labute approximate surface area is 204 Å². The second kappa shape index (κ2) is 9.00. The minimum atomic E-state index is -1.24. The van der Waals surface area contributed by atoms with E-state index in [0.717, 1.165) is 35.1 Å². The third-order valence-corrected chi connectivity index (χ3v) is 7.69. The predicted molar refractivity (Wildman–Crippen MR) is 128 cm³/mol. The molecule has 0 spiro atoms. The number of carboxylic acids is 1. The number of aliphatic carboxylic acids is 1. The van der Waals surface area contributed by atoms with Crippen LogP contribution in [0.5, 0.6) is 0 Å². The fourth-order valence-corrected chi connectivity index (χ4v) is 5.56. The van der Waals surface area contributed by atoms with E-state index in [1.165, 1.54) is 12.0 Å². The van der Waals surface area contributed by atoms with Crippen LogP contribution >= 0.6 is 0 Å². The number of fused-ring (bicyclic) bond motifs is 3. The Morgan fingerprint density at radius 2 is 1.66 bits per heavy atom. The van der Waals surface area contributed by atoms with E-state index in [-0.39, 0.29) is 37.5 Å². The van der Waals surface area contributed by atoms with E-state index in [0.29, 0.717) is 0 Å². The van der Waals surface area contributed by atoms with Crippen molar-refractivity contribution in [2.24, 2.45) is 5.92 Å². The third-order valence-electron chi connectivity index (χ3n) is 7.69. The smallest absolute Gasteiger partial charge is 0.408 e. The van der Waals surface area contributed by atoms with Crippen LogP contribution in [-0.4, -0.2) is 65.9 Å². The molecule has 1 aliphatic heterocycles. The molecule has 0 radical (unpaired) electrons. The van der Waals surface area contributed by atoms with Crippen molar-refractivity contribution in [1.82, 2.24) is 10.2 Å². The number of methoxy groups -OCH3 is 1. The van der Waals surface area contributed by atoms with Crippen LogP contribution in [0, 0.1) is 5.92 Å². The van der Waals surface area contributed by atoms with E-state index in [1.54, 1.807) is 6.92 Å². The number of carboxylic acid groups (broad SMARTS) is 1. The first-order valence-corrected chi connectivity index (χ1v) is 12.0. The van der Waals surface area contributed by atoms with Crippen molar-refractivity contribution >= 4 is 18.0 Å². The van der Waals surface area contributed by atoms with Crippen LogP contribution in [0.1, 0.15) is 43.2 Å². The summed E-state index contributed by atoms with van der Waals surface area (Å²) >= 11 is 0. The number of nitrogens with one attached hydrogen (secondary N) is 1. The molecule has 35 heavy (non-hydrogen) atoms. The lowest BCUT2D eigenvalue weighted by atomic mass is 9.93. The molecule has 184 valence electrons. The lowest BCUT2D eigenvalue weighted by Gasteiger charge is -2.35. The van der Waals surface area contributed by atoms with Crippen molar-refractivity contribution in [3.05, 3.63) is 59.7 Å². The van der Waals surface area contributed by atoms with Gasteiger partial charge in [-0.1, -0.05) is 48.5 Å². The molecule has 5 rings (SSSR count). The summed E-state index contributed by atoms with van der Waals surface area (Å²) in [6.07, 6.45) is 0.765. The van der Waals surface area contributed by atoms with Gasteiger partial charge in [-0.25, -0.2) is 9.59 Å². The average Bonchev–Trinajstić information content (AvgIpc) is 3.55. The number of rotatable bonds is 7. The molecule has 2 aromatic rings. The lowest BCUT2D eigenvalue weighted by molar-refractivity contribution is -0.151. The lowest BCUT2D eigenvalue weighted by Crippen LogP contribution is -2.61. The molecule has 1 saturated heterocycles. The van der Waals surface area contributed by atoms with E-state index < -0.39 is 29.6 Å². The molecule has 2 aromatic carbocycles. The zero-order valence-corrected chi connectivity index (χ0v) is 19.9. The van der Waals surface area contributed by atoms with Crippen LogP contribution in [0.25, 0.3) is 11.1 Å². The van der Waals surface area contributed by atoms with Gasteiger partial charge in [-0.2, -0.15) is 0 Å². The minimum absolute atomic E-state index is 0.0634. The molecule has 2 N–H and O–H groups in total. The summed E-state index contributed by atoms with van der Waals surface area (Å²) in [5.74, 6) is -1.63. The molecule has 2 aliphatic carbocycles. The van der Waals surface area contributed by atoms with Crippen LogP contribution < -0.4 is 5.32 Å². The van der Waals surface area contributed by atoms with Gasteiger partial charge in [0.1, 0.15) is 18.2 Å². The number of carbonyl (C=O) groups excluding carboxylic acids is 2. The molecule has 1 saturated carbocycles. The van der Waals surface area contributed by atoms with Crippen LogP contribution in [-0.2, 0) is 19.1 Å². The molecular formula is C27H30N2O6. The highest BCUT2D eigenvalue weighted by Crippen LogP contribution is 2.45. The Kier molecular flexibility index (Phi) is 6.01. The normalized spacial score (nSPS) is 22.7. The van der Waals surface area contributed by atoms with E-state index in [4.69, 9.17) is 9.47 Å². The largest absolute Gasteiger partial charge is 0.480 e. The summed E-state index contributed by atoms with van der Waals surface area (Å²) in [5, 5.41) is 12.5. The second-order valence-electron chi connectivity index (χ2n) is 9.83. The summed E-state index contributed by atoms with van der Waals surface area (Å²) < 4.78 is 11.0. The first-order valence-electron chi connectivity index (χ1n) is 12.0. The predicted octanol–water partition coefficient (Wildman–Crippen LogP) is 3.39. The van der Waals surface area contributed by atoms with Crippen molar-refractivity contribution in [2.45, 2.75) is 49.8 Å². The fourth-order valence-electron chi connectivity index (χ4n) is 5.56. The SMILES string of the molecule is COC1CC(C(=O)O)N(C(=O)C(C)(NC(=O)OCC2c3ccccc3-c3ccccc32)C2CC2)C1. The summed E-state index contributed by atoms with van der Waals surface area (Å²) in [7, 11) is 1.51. The molecular weight excluding hydrogens is 448 g/mol. The number of nitrogens with zero attached hydrogens (tertiary/aromatic N) is 1. The number of hydrogen-bond acceptors (Lipinski definition) is 5. The van der Waals surface area contributed by atoms with Gasteiger partial charge in [-0.15, -0.1) is 0 Å². The van der Waals surface area contributed by atoms with E-state index in [9.17, 15) is 19.5 Å². The molecule has 2 fully saturated rings. The average molecular weight is 479 g/mol. The number of hydrogen-bond donors (Lipinski definition) is 2. The maximum Gasteiger partial charge on any atom is 0.408 e. The Morgan fingerprint density at radius 3 is 2.20 bits per heavy atom. The number of alkyl carbamates (subject to hydrolysis) is 1. The molecule has 8 heteroatoms. The Morgan fingerprint density at radius 1 is 1.06 bits per heavy atom. The summed E-state index contributed by atoms with van der Waals surface area (Å²) in [5.41, 5.74) is 3.25. The van der Waals surface area contributed by atoms with Crippen molar-refractivity contribution in [3.8, 4) is 11.1 Å².